The third-order valence-corrected chi connectivity index (χ3v) is 3.59. The molecular formula is C14H20N2O4S. The average molecular weight is 312 g/mol. The molecule has 21 heavy (non-hydrogen) atoms. The maximum atomic E-state index is 11.6. The lowest BCUT2D eigenvalue weighted by atomic mass is 10.2. The number of methoxy groups -OCH3 is 1. The lowest BCUT2D eigenvalue weighted by molar-refractivity contribution is -0.140. The van der Waals surface area contributed by atoms with E-state index in [4.69, 9.17) is 0 Å². The van der Waals surface area contributed by atoms with Crippen LogP contribution in [0.3, 0.4) is 0 Å². The molecule has 116 valence electrons. The van der Waals surface area contributed by atoms with Gasteiger partial charge < -0.3 is 15.4 Å². The van der Waals surface area contributed by atoms with Crippen LogP contribution in [-0.2, 0) is 14.3 Å². The van der Waals surface area contributed by atoms with Crippen molar-refractivity contribution in [1.29, 1.82) is 0 Å². The average Bonchev–Trinajstić information content (AvgIpc) is 3.02. The quantitative estimate of drug-likeness (QED) is 0.532. The van der Waals surface area contributed by atoms with Crippen molar-refractivity contribution in [3.8, 4) is 0 Å². The van der Waals surface area contributed by atoms with Gasteiger partial charge in [-0.1, -0.05) is 6.07 Å². The van der Waals surface area contributed by atoms with Crippen LogP contribution in [0.15, 0.2) is 17.5 Å². The van der Waals surface area contributed by atoms with E-state index in [9.17, 15) is 14.4 Å². The number of carbonyl (C=O) groups is 3. The molecule has 0 bridgehead atoms. The van der Waals surface area contributed by atoms with Crippen molar-refractivity contribution < 1.29 is 19.1 Å². The second-order valence-corrected chi connectivity index (χ2v) is 5.31. The van der Waals surface area contributed by atoms with E-state index < -0.39 is 0 Å². The first kappa shape index (κ1) is 17.2. The minimum absolute atomic E-state index is 0.0785. The van der Waals surface area contributed by atoms with E-state index in [1.165, 1.54) is 18.4 Å². The molecule has 0 aliphatic rings. The minimum atomic E-state index is -0.277. The van der Waals surface area contributed by atoms with Gasteiger partial charge in [0.25, 0.3) is 5.91 Å². The van der Waals surface area contributed by atoms with Gasteiger partial charge in [-0.3, -0.25) is 14.4 Å². The summed E-state index contributed by atoms with van der Waals surface area (Å²) < 4.78 is 4.50. The van der Waals surface area contributed by atoms with Crippen LogP contribution in [0.25, 0.3) is 0 Å². The molecule has 0 fully saturated rings. The van der Waals surface area contributed by atoms with E-state index in [1.807, 2.05) is 11.4 Å². The van der Waals surface area contributed by atoms with Gasteiger partial charge in [-0.15, -0.1) is 11.3 Å². The zero-order valence-corrected chi connectivity index (χ0v) is 12.8. The third-order valence-electron chi connectivity index (χ3n) is 2.72. The molecule has 6 nitrogen and oxygen atoms in total. The molecule has 2 amide bonds. The number of carbonyl (C=O) groups excluding carboxylic acids is 3. The smallest absolute Gasteiger partial charge is 0.305 e. The van der Waals surface area contributed by atoms with Crippen LogP contribution in [0.4, 0.5) is 0 Å². The summed E-state index contributed by atoms with van der Waals surface area (Å²) in [6.07, 6.45) is 1.80. The van der Waals surface area contributed by atoms with Crippen molar-refractivity contribution in [2.45, 2.75) is 25.7 Å². The van der Waals surface area contributed by atoms with Crippen molar-refractivity contribution in [1.82, 2.24) is 10.6 Å². The molecule has 2 N–H and O–H groups in total. The Morgan fingerprint density at radius 3 is 2.52 bits per heavy atom. The molecule has 1 rings (SSSR count). The lowest BCUT2D eigenvalue weighted by Crippen LogP contribution is -2.27. The highest BCUT2D eigenvalue weighted by Crippen LogP contribution is 2.07. The Bertz CT molecular complexity index is 460. The van der Waals surface area contributed by atoms with Gasteiger partial charge in [-0.05, 0) is 24.3 Å². The second kappa shape index (κ2) is 9.93. The number of hydrogen-bond acceptors (Lipinski definition) is 5. The summed E-state index contributed by atoms with van der Waals surface area (Å²) in [6.45, 7) is 0.918. The Labute approximate surface area is 127 Å². The van der Waals surface area contributed by atoms with E-state index in [-0.39, 0.29) is 17.8 Å². The highest BCUT2D eigenvalue weighted by Gasteiger charge is 2.06. The summed E-state index contributed by atoms with van der Waals surface area (Å²) in [5.74, 6) is -0.464. The predicted octanol–water partition coefficient (Wildman–Crippen LogP) is 1.33. The summed E-state index contributed by atoms with van der Waals surface area (Å²) in [5, 5.41) is 7.32. The number of amides is 2. The van der Waals surface area contributed by atoms with Crippen molar-refractivity contribution >= 4 is 29.1 Å². The number of thiophene rings is 1. The molecule has 0 aliphatic carbocycles. The van der Waals surface area contributed by atoms with E-state index in [0.29, 0.717) is 43.6 Å². The molecule has 1 aromatic heterocycles. The van der Waals surface area contributed by atoms with Crippen molar-refractivity contribution in [3.63, 3.8) is 0 Å². The Morgan fingerprint density at radius 1 is 1.14 bits per heavy atom. The van der Waals surface area contributed by atoms with Gasteiger partial charge in [0.2, 0.25) is 5.91 Å². The molecule has 0 spiro atoms. The number of hydrogen-bond donors (Lipinski definition) is 2. The summed E-state index contributed by atoms with van der Waals surface area (Å²) in [6, 6.07) is 3.58. The summed E-state index contributed by atoms with van der Waals surface area (Å²) in [4.78, 5) is 34.6. The molecule has 0 aromatic carbocycles. The van der Waals surface area contributed by atoms with E-state index in [2.05, 4.69) is 15.4 Å². The van der Waals surface area contributed by atoms with Crippen molar-refractivity contribution in [3.05, 3.63) is 22.4 Å². The summed E-state index contributed by atoms with van der Waals surface area (Å²) in [7, 11) is 1.34. The number of ether oxygens (including phenoxy) is 1. The van der Waals surface area contributed by atoms with Gasteiger partial charge in [-0.25, -0.2) is 0 Å². The molecule has 0 atom stereocenters. The molecule has 1 heterocycles. The number of rotatable bonds is 9. The van der Waals surface area contributed by atoms with E-state index >= 15 is 0 Å². The topological polar surface area (TPSA) is 84.5 Å². The van der Waals surface area contributed by atoms with Crippen LogP contribution in [-0.4, -0.2) is 38.0 Å². The largest absolute Gasteiger partial charge is 0.469 e. The second-order valence-electron chi connectivity index (χ2n) is 4.37. The molecular weight excluding hydrogens is 292 g/mol. The number of nitrogens with one attached hydrogen (secondary N) is 2. The Hall–Kier alpha value is -1.89. The molecule has 7 heteroatoms. The predicted molar refractivity (Wildman–Crippen MR) is 80.1 cm³/mol. The zero-order valence-electron chi connectivity index (χ0n) is 12.0. The standard InChI is InChI=1S/C14H20N2O4S/c1-20-13(18)7-3-8-15-12(17)6-2-9-16-14(19)11-5-4-10-21-11/h4-5,10H,2-3,6-9H2,1H3,(H,15,17)(H,16,19). The van der Waals surface area contributed by atoms with Gasteiger partial charge in [0.1, 0.15) is 0 Å². The van der Waals surface area contributed by atoms with Crippen LogP contribution in [0.5, 0.6) is 0 Å². The maximum absolute atomic E-state index is 11.6. The summed E-state index contributed by atoms with van der Waals surface area (Å²) in [5.41, 5.74) is 0. The SMILES string of the molecule is COC(=O)CCCNC(=O)CCCNC(=O)c1cccs1. The van der Waals surface area contributed by atoms with Crippen molar-refractivity contribution in [2.24, 2.45) is 0 Å². The van der Waals surface area contributed by atoms with Crippen molar-refractivity contribution in [2.75, 3.05) is 20.2 Å². The Kier molecular flexibility index (Phi) is 8.11. The Morgan fingerprint density at radius 2 is 1.86 bits per heavy atom. The fraction of sp³-hybridized carbons (Fsp3) is 0.500. The molecule has 0 radical (unpaired) electrons. The molecule has 1 aromatic rings. The fourth-order valence-corrected chi connectivity index (χ4v) is 2.24. The molecule has 0 aliphatic heterocycles. The summed E-state index contributed by atoms with van der Waals surface area (Å²) >= 11 is 1.38. The van der Waals surface area contributed by atoms with Gasteiger partial charge in [0.05, 0.1) is 12.0 Å². The van der Waals surface area contributed by atoms with E-state index in [0.717, 1.165) is 0 Å². The maximum Gasteiger partial charge on any atom is 0.305 e. The highest BCUT2D eigenvalue weighted by molar-refractivity contribution is 7.12. The molecule has 0 saturated heterocycles. The van der Waals surface area contributed by atoms with E-state index in [1.54, 1.807) is 6.07 Å². The minimum Gasteiger partial charge on any atom is -0.469 e. The first-order chi connectivity index (χ1) is 10.1. The monoisotopic (exact) mass is 312 g/mol. The first-order valence-electron chi connectivity index (χ1n) is 6.78. The fourth-order valence-electron chi connectivity index (χ4n) is 1.60. The normalized spacial score (nSPS) is 9.95. The highest BCUT2D eigenvalue weighted by atomic mass is 32.1. The van der Waals surface area contributed by atoms with Gasteiger partial charge in [-0.2, -0.15) is 0 Å². The van der Waals surface area contributed by atoms with Gasteiger partial charge in [0.15, 0.2) is 0 Å². The van der Waals surface area contributed by atoms with Crippen LogP contribution in [0.2, 0.25) is 0 Å². The van der Waals surface area contributed by atoms with Crippen LogP contribution >= 0.6 is 11.3 Å². The first-order valence-corrected chi connectivity index (χ1v) is 7.66. The van der Waals surface area contributed by atoms with Gasteiger partial charge >= 0.3 is 5.97 Å². The number of esters is 1. The van der Waals surface area contributed by atoms with Crippen LogP contribution in [0, 0.1) is 0 Å². The molecule has 0 saturated carbocycles. The van der Waals surface area contributed by atoms with Crippen LogP contribution < -0.4 is 10.6 Å². The van der Waals surface area contributed by atoms with Crippen LogP contribution in [0.1, 0.15) is 35.4 Å². The Balaban J connectivity index is 2.01. The molecule has 0 unspecified atom stereocenters. The lowest BCUT2D eigenvalue weighted by Gasteiger charge is -2.05. The third kappa shape index (κ3) is 7.45. The van der Waals surface area contributed by atoms with Gasteiger partial charge in [0, 0.05) is 25.9 Å². The zero-order chi connectivity index (χ0) is 15.5.